The van der Waals surface area contributed by atoms with Crippen molar-refractivity contribution in [3.05, 3.63) is 29.8 Å². The standard InChI is InChI=1S/C13H20N2O/c1-4-11(3)15-13(16)9-14-12-7-5-10(2)6-8-12/h5-8,11,14H,4,9H2,1-3H3,(H,15,16). The van der Waals surface area contributed by atoms with Crippen molar-refractivity contribution in [3.63, 3.8) is 0 Å². The van der Waals surface area contributed by atoms with Crippen LogP contribution < -0.4 is 10.6 Å². The summed E-state index contributed by atoms with van der Waals surface area (Å²) in [6.07, 6.45) is 0.955. The number of rotatable bonds is 5. The van der Waals surface area contributed by atoms with Gasteiger partial charge in [-0.1, -0.05) is 24.6 Å². The molecule has 0 aliphatic rings. The lowest BCUT2D eigenvalue weighted by Crippen LogP contribution is -2.36. The van der Waals surface area contributed by atoms with Gasteiger partial charge in [0.15, 0.2) is 0 Å². The highest BCUT2D eigenvalue weighted by atomic mass is 16.1. The van der Waals surface area contributed by atoms with Gasteiger partial charge in [0.05, 0.1) is 6.54 Å². The molecule has 0 aliphatic carbocycles. The first-order valence-corrected chi connectivity index (χ1v) is 5.71. The Hall–Kier alpha value is -1.51. The molecular weight excluding hydrogens is 200 g/mol. The quantitative estimate of drug-likeness (QED) is 0.799. The van der Waals surface area contributed by atoms with Crippen LogP contribution in [0, 0.1) is 6.92 Å². The normalized spacial score (nSPS) is 11.9. The van der Waals surface area contributed by atoms with E-state index < -0.39 is 0 Å². The summed E-state index contributed by atoms with van der Waals surface area (Å²) in [5, 5.41) is 6.00. The number of aryl methyl sites for hydroxylation is 1. The van der Waals surface area contributed by atoms with Crippen molar-refractivity contribution in [1.29, 1.82) is 0 Å². The Morgan fingerprint density at radius 1 is 1.31 bits per heavy atom. The van der Waals surface area contributed by atoms with Crippen LogP contribution in [-0.4, -0.2) is 18.5 Å². The number of hydrogen-bond acceptors (Lipinski definition) is 2. The lowest BCUT2D eigenvalue weighted by molar-refractivity contribution is -0.120. The molecule has 1 unspecified atom stereocenters. The molecule has 3 heteroatoms. The van der Waals surface area contributed by atoms with E-state index in [2.05, 4.69) is 17.6 Å². The smallest absolute Gasteiger partial charge is 0.239 e. The molecule has 0 saturated carbocycles. The Morgan fingerprint density at radius 2 is 1.94 bits per heavy atom. The second kappa shape index (κ2) is 6.16. The molecule has 0 aliphatic heterocycles. The van der Waals surface area contributed by atoms with E-state index in [1.165, 1.54) is 5.56 Å². The molecule has 0 radical (unpaired) electrons. The summed E-state index contributed by atoms with van der Waals surface area (Å²) in [5.74, 6) is 0.0370. The van der Waals surface area contributed by atoms with Crippen LogP contribution in [0.1, 0.15) is 25.8 Å². The Labute approximate surface area is 97.2 Å². The predicted molar refractivity (Wildman–Crippen MR) is 67.6 cm³/mol. The van der Waals surface area contributed by atoms with Gasteiger partial charge < -0.3 is 10.6 Å². The maximum Gasteiger partial charge on any atom is 0.239 e. The molecule has 2 N–H and O–H groups in total. The number of carbonyl (C=O) groups is 1. The first-order valence-electron chi connectivity index (χ1n) is 5.71. The van der Waals surface area contributed by atoms with Gasteiger partial charge in [-0.3, -0.25) is 4.79 Å². The number of benzene rings is 1. The monoisotopic (exact) mass is 220 g/mol. The van der Waals surface area contributed by atoms with E-state index in [1.54, 1.807) is 0 Å². The molecule has 0 spiro atoms. The van der Waals surface area contributed by atoms with Gasteiger partial charge in [0.2, 0.25) is 5.91 Å². The van der Waals surface area contributed by atoms with Crippen LogP contribution in [0.15, 0.2) is 24.3 Å². The summed E-state index contributed by atoms with van der Waals surface area (Å²) in [6.45, 7) is 6.43. The summed E-state index contributed by atoms with van der Waals surface area (Å²) < 4.78 is 0. The first-order chi connectivity index (χ1) is 7.61. The zero-order valence-corrected chi connectivity index (χ0v) is 10.2. The minimum absolute atomic E-state index is 0.0370. The third kappa shape index (κ3) is 4.34. The maximum atomic E-state index is 11.5. The van der Waals surface area contributed by atoms with Gasteiger partial charge >= 0.3 is 0 Å². The number of amides is 1. The Balaban J connectivity index is 2.34. The van der Waals surface area contributed by atoms with Crippen LogP contribution in [0.2, 0.25) is 0 Å². The number of hydrogen-bond donors (Lipinski definition) is 2. The van der Waals surface area contributed by atoms with E-state index in [1.807, 2.05) is 38.1 Å². The van der Waals surface area contributed by atoms with Crippen molar-refractivity contribution in [2.24, 2.45) is 0 Å². The van der Waals surface area contributed by atoms with Gasteiger partial charge in [-0.25, -0.2) is 0 Å². The van der Waals surface area contributed by atoms with Crippen molar-refractivity contribution in [2.45, 2.75) is 33.2 Å². The molecule has 1 amide bonds. The molecule has 0 saturated heterocycles. The van der Waals surface area contributed by atoms with Crippen molar-refractivity contribution in [2.75, 3.05) is 11.9 Å². The summed E-state index contributed by atoms with van der Waals surface area (Å²) in [5.41, 5.74) is 2.19. The summed E-state index contributed by atoms with van der Waals surface area (Å²) >= 11 is 0. The minimum Gasteiger partial charge on any atom is -0.376 e. The van der Waals surface area contributed by atoms with Gasteiger partial charge in [-0.2, -0.15) is 0 Å². The van der Waals surface area contributed by atoms with Gasteiger partial charge in [0.25, 0.3) is 0 Å². The van der Waals surface area contributed by atoms with Crippen molar-refractivity contribution in [3.8, 4) is 0 Å². The van der Waals surface area contributed by atoms with Gasteiger partial charge in [-0.15, -0.1) is 0 Å². The van der Waals surface area contributed by atoms with Crippen molar-refractivity contribution < 1.29 is 4.79 Å². The molecule has 88 valence electrons. The van der Waals surface area contributed by atoms with E-state index in [4.69, 9.17) is 0 Å². The Morgan fingerprint density at radius 3 is 2.50 bits per heavy atom. The lowest BCUT2D eigenvalue weighted by atomic mass is 10.2. The third-order valence-corrected chi connectivity index (χ3v) is 2.52. The zero-order chi connectivity index (χ0) is 12.0. The van der Waals surface area contributed by atoms with Crippen molar-refractivity contribution >= 4 is 11.6 Å². The molecule has 3 nitrogen and oxygen atoms in total. The molecule has 16 heavy (non-hydrogen) atoms. The average molecular weight is 220 g/mol. The van der Waals surface area contributed by atoms with Crippen LogP contribution in [0.3, 0.4) is 0 Å². The Kier molecular flexibility index (Phi) is 4.83. The van der Waals surface area contributed by atoms with Crippen LogP contribution in [0.4, 0.5) is 5.69 Å². The average Bonchev–Trinajstić information content (AvgIpc) is 2.28. The fourth-order valence-corrected chi connectivity index (χ4v) is 1.28. The van der Waals surface area contributed by atoms with Crippen LogP contribution in [-0.2, 0) is 4.79 Å². The topological polar surface area (TPSA) is 41.1 Å². The van der Waals surface area contributed by atoms with E-state index in [0.717, 1.165) is 12.1 Å². The maximum absolute atomic E-state index is 11.5. The highest BCUT2D eigenvalue weighted by molar-refractivity contribution is 5.80. The van der Waals surface area contributed by atoms with Crippen LogP contribution in [0.25, 0.3) is 0 Å². The van der Waals surface area contributed by atoms with Crippen LogP contribution >= 0.6 is 0 Å². The molecule has 0 aromatic heterocycles. The zero-order valence-electron chi connectivity index (χ0n) is 10.2. The minimum atomic E-state index is 0.0370. The van der Waals surface area contributed by atoms with Gasteiger partial charge in [-0.05, 0) is 32.4 Å². The largest absolute Gasteiger partial charge is 0.376 e. The number of anilines is 1. The molecule has 0 fully saturated rings. The third-order valence-electron chi connectivity index (χ3n) is 2.52. The summed E-state index contributed by atoms with van der Waals surface area (Å²) in [4.78, 5) is 11.5. The molecule has 0 bridgehead atoms. The van der Waals surface area contributed by atoms with E-state index >= 15 is 0 Å². The van der Waals surface area contributed by atoms with E-state index in [9.17, 15) is 4.79 Å². The van der Waals surface area contributed by atoms with Gasteiger partial charge in [0, 0.05) is 11.7 Å². The predicted octanol–water partition coefficient (Wildman–Crippen LogP) is 2.32. The molecule has 1 atom stereocenters. The summed E-state index contributed by atoms with van der Waals surface area (Å²) in [6, 6.07) is 8.24. The van der Waals surface area contributed by atoms with Crippen LogP contribution in [0.5, 0.6) is 0 Å². The first kappa shape index (κ1) is 12.6. The molecular formula is C13H20N2O. The second-order valence-corrected chi connectivity index (χ2v) is 4.10. The van der Waals surface area contributed by atoms with E-state index in [0.29, 0.717) is 6.54 Å². The second-order valence-electron chi connectivity index (χ2n) is 4.10. The highest BCUT2D eigenvalue weighted by Gasteiger charge is 2.04. The number of nitrogens with one attached hydrogen (secondary N) is 2. The highest BCUT2D eigenvalue weighted by Crippen LogP contribution is 2.07. The lowest BCUT2D eigenvalue weighted by Gasteiger charge is -2.12. The molecule has 1 rings (SSSR count). The van der Waals surface area contributed by atoms with E-state index in [-0.39, 0.29) is 11.9 Å². The molecule has 0 heterocycles. The summed E-state index contributed by atoms with van der Waals surface area (Å²) in [7, 11) is 0. The fourth-order valence-electron chi connectivity index (χ4n) is 1.28. The molecule has 1 aromatic rings. The molecule has 1 aromatic carbocycles. The van der Waals surface area contributed by atoms with Crippen molar-refractivity contribution in [1.82, 2.24) is 5.32 Å². The fraction of sp³-hybridized carbons (Fsp3) is 0.462. The Bertz CT molecular complexity index is 332. The van der Waals surface area contributed by atoms with Gasteiger partial charge in [0.1, 0.15) is 0 Å². The number of carbonyl (C=O) groups excluding carboxylic acids is 1. The SMILES string of the molecule is CCC(C)NC(=O)CNc1ccc(C)cc1.